The fourth-order valence-electron chi connectivity index (χ4n) is 4.51. The van der Waals surface area contributed by atoms with E-state index in [1.807, 2.05) is 0 Å². The summed E-state index contributed by atoms with van der Waals surface area (Å²) in [6.07, 6.45) is 6.93. The van der Waals surface area contributed by atoms with Crippen molar-refractivity contribution in [2.75, 3.05) is 0 Å². The molecule has 0 saturated carbocycles. The Labute approximate surface area is 147 Å². The molecule has 3 rings (SSSR count). The van der Waals surface area contributed by atoms with Crippen LogP contribution in [0.2, 0.25) is 13.1 Å². The van der Waals surface area contributed by atoms with Crippen LogP contribution < -0.4 is 5.19 Å². The van der Waals surface area contributed by atoms with Crippen molar-refractivity contribution < 1.29 is 0 Å². The molecule has 124 valence electrons. The third-order valence-corrected chi connectivity index (χ3v) is 9.40. The topological polar surface area (TPSA) is 0 Å². The van der Waals surface area contributed by atoms with Crippen molar-refractivity contribution in [1.29, 1.82) is 0 Å². The first-order chi connectivity index (χ1) is 11.4. The smallest absolute Gasteiger partial charge is 0.0806 e. The van der Waals surface area contributed by atoms with E-state index in [-0.39, 0.29) is 0 Å². The number of allylic oxidation sites excluding steroid dienone is 4. The highest BCUT2D eigenvalue weighted by atomic mass is 28.3. The van der Waals surface area contributed by atoms with Crippen LogP contribution in [0.4, 0.5) is 0 Å². The molecule has 2 aromatic carbocycles. The molecule has 2 aromatic rings. The van der Waals surface area contributed by atoms with Gasteiger partial charge in [-0.05, 0) is 49.9 Å². The van der Waals surface area contributed by atoms with Crippen molar-refractivity contribution >= 4 is 13.3 Å². The second-order valence-corrected chi connectivity index (χ2v) is 12.0. The SMILES string of the molecule is Cc1cc(C)c([Si](C)(C)C2=C(Cc3ccccc3)C=CC2)c(C)c1. The minimum absolute atomic E-state index is 1.06. The van der Waals surface area contributed by atoms with Crippen LogP contribution >= 0.6 is 0 Å². The second-order valence-electron chi connectivity index (χ2n) is 7.67. The Balaban J connectivity index is 2.04. The maximum Gasteiger partial charge on any atom is 0.109 e. The molecule has 0 unspecified atom stereocenters. The lowest BCUT2D eigenvalue weighted by Crippen LogP contribution is -2.47. The van der Waals surface area contributed by atoms with E-state index in [0.29, 0.717) is 0 Å². The first kappa shape index (κ1) is 17.0. The summed E-state index contributed by atoms with van der Waals surface area (Å²) in [4.78, 5) is 0. The van der Waals surface area contributed by atoms with Gasteiger partial charge >= 0.3 is 0 Å². The molecular weight excluding hydrogens is 304 g/mol. The van der Waals surface area contributed by atoms with E-state index >= 15 is 0 Å². The highest BCUT2D eigenvalue weighted by molar-refractivity contribution is 6.96. The number of benzene rings is 2. The van der Waals surface area contributed by atoms with Crippen LogP contribution in [-0.2, 0) is 6.42 Å². The first-order valence-corrected chi connectivity index (χ1v) is 11.9. The zero-order chi connectivity index (χ0) is 17.3. The van der Waals surface area contributed by atoms with Crippen molar-refractivity contribution in [1.82, 2.24) is 0 Å². The van der Waals surface area contributed by atoms with Gasteiger partial charge in [0.25, 0.3) is 0 Å². The van der Waals surface area contributed by atoms with E-state index < -0.39 is 8.07 Å². The molecule has 0 N–H and O–H groups in total. The zero-order valence-corrected chi connectivity index (χ0v) is 16.6. The Morgan fingerprint density at radius 1 is 0.917 bits per heavy atom. The molecule has 1 aliphatic rings. The first-order valence-electron chi connectivity index (χ1n) is 8.91. The summed E-state index contributed by atoms with van der Waals surface area (Å²) in [5.41, 5.74) is 7.29. The van der Waals surface area contributed by atoms with Gasteiger partial charge in [0.15, 0.2) is 0 Å². The quantitative estimate of drug-likeness (QED) is 0.642. The summed E-state index contributed by atoms with van der Waals surface area (Å²) in [5, 5.41) is 3.35. The number of hydrogen-bond donors (Lipinski definition) is 0. The number of hydrogen-bond acceptors (Lipinski definition) is 0. The Morgan fingerprint density at radius 3 is 2.17 bits per heavy atom. The van der Waals surface area contributed by atoms with Gasteiger partial charge in [-0.2, -0.15) is 0 Å². The molecule has 24 heavy (non-hydrogen) atoms. The van der Waals surface area contributed by atoms with E-state index in [0.717, 1.165) is 12.8 Å². The summed E-state index contributed by atoms with van der Waals surface area (Å²) in [6.45, 7) is 11.9. The summed E-state index contributed by atoms with van der Waals surface area (Å²) < 4.78 is 0. The Kier molecular flexibility index (Phi) is 4.64. The fraction of sp³-hybridized carbons (Fsp3) is 0.304. The zero-order valence-electron chi connectivity index (χ0n) is 15.6. The van der Waals surface area contributed by atoms with Crippen molar-refractivity contribution in [3.63, 3.8) is 0 Å². The molecular formula is C23H28Si. The summed E-state index contributed by atoms with van der Waals surface area (Å²) in [6, 6.07) is 15.6. The standard InChI is InChI=1S/C23H28Si/c1-17-14-18(2)23(19(3)15-17)24(4,5)22-13-9-12-21(22)16-20-10-7-6-8-11-20/h6-12,14-15H,13,16H2,1-5H3. The van der Waals surface area contributed by atoms with Crippen molar-refractivity contribution in [2.45, 2.75) is 46.7 Å². The van der Waals surface area contributed by atoms with Gasteiger partial charge in [0, 0.05) is 0 Å². The Hall–Kier alpha value is -1.86. The van der Waals surface area contributed by atoms with Gasteiger partial charge < -0.3 is 0 Å². The van der Waals surface area contributed by atoms with Crippen LogP contribution in [0.25, 0.3) is 0 Å². The molecule has 0 atom stereocenters. The normalized spacial score (nSPS) is 14.5. The van der Waals surface area contributed by atoms with E-state index in [9.17, 15) is 0 Å². The van der Waals surface area contributed by atoms with Gasteiger partial charge in [-0.15, -0.1) is 0 Å². The van der Waals surface area contributed by atoms with E-state index in [1.54, 1.807) is 16.0 Å². The third kappa shape index (κ3) is 3.18. The van der Waals surface area contributed by atoms with Gasteiger partial charge in [0.1, 0.15) is 8.07 Å². The average Bonchev–Trinajstić information content (AvgIpc) is 2.96. The van der Waals surface area contributed by atoms with Crippen molar-refractivity contribution in [3.05, 3.63) is 87.6 Å². The molecule has 0 aromatic heterocycles. The molecule has 0 amide bonds. The minimum Gasteiger partial charge on any atom is -0.0806 e. The third-order valence-electron chi connectivity index (χ3n) is 5.32. The fourth-order valence-corrected chi connectivity index (χ4v) is 8.53. The lowest BCUT2D eigenvalue weighted by atomic mass is 10.1. The van der Waals surface area contributed by atoms with Crippen LogP contribution in [0, 0.1) is 20.8 Å². The van der Waals surface area contributed by atoms with E-state index in [1.165, 1.54) is 22.3 Å². The van der Waals surface area contributed by atoms with Crippen molar-refractivity contribution in [2.24, 2.45) is 0 Å². The summed E-state index contributed by atoms with van der Waals surface area (Å²) in [7, 11) is -1.66. The van der Waals surface area contributed by atoms with Gasteiger partial charge in [-0.3, -0.25) is 0 Å². The molecule has 0 spiro atoms. The van der Waals surface area contributed by atoms with E-state index in [2.05, 4.69) is 88.5 Å². The highest BCUT2D eigenvalue weighted by Gasteiger charge is 2.33. The van der Waals surface area contributed by atoms with Gasteiger partial charge in [-0.1, -0.05) is 89.6 Å². The molecule has 0 aliphatic heterocycles. The minimum atomic E-state index is -1.66. The summed E-state index contributed by atoms with van der Waals surface area (Å²) >= 11 is 0. The lowest BCUT2D eigenvalue weighted by Gasteiger charge is -2.30. The van der Waals surface area contributed by atoms with Crippen molar-refractivity contribution in [3.8, 4) is 0 Å². The largest absolute Gasteiger partial charge is 0.109 e. The van der Waals surface area contributed by atoms with Crippen LogP contribution in [0.15, 0.2) is 65.4 Å². The molecule has 1 aliphatic carbocycles. The van der Waals surface area contributed by atoms with Crippen LogP contribution in [0.5, 0.6) is 0 Å². The van der Waals surface area contributed by atoms with Crippen LogP contribution in [0.3, 0.4) is 0 Å². The van der Waals surface area contributed by atoms with Gasteiger partial charge in [-0.25, -0.2) is 0 Å². The maximum atomic E-state index is 2.53. The summed E-state index contributed by atoms with van der Waals surface area (Å²) in [5.74, 6) is 0. The predicted molar refractivity (Wildman–Crippen MR) is 109 cm³/mol. The Bertz CT molecular complexity index is 784. The highest BCUT2D eigenvalue weighted by Crippen LogP contribution is 2.31. The number of aryl methyl sites for hydroxylation is 3. The van der Waals surface area contributed by atoms with E-state index in [4.69, 9.17) is 0 Å². The van der Waals surface area contributed by atoms with Gasteiger partial charge in [0.2, 0.25) is 0 Å². The average molecular weight is 333 g/mol. The molecule has 0 nitrogen and oxygen atoms in total. The predicted octanol–water partition coefficient (Wildman–Crippen LogP) is 5.57. The molecule has 0 saturated heterocycles. The number of rotatable bonds is 4. The second kappa shape index (κ2) is 6.56. The molecule has 1 heteroatoms. The van der Waals surface area contributed by atoms with Crippen LogP contribution in [0.1, 0.15) is 28.7 Å². The molecule has 0 radical (unpaired) electrons. The Morgan fingerprint density at radius 2 is 1.54 bits per heavy atom. The van der Waals surface area contributed by atoms with Crippen LogP contribution in [-0.4, -0.2) is 8.07 Å². The lowest BCUT2D eigenvalue weighted by molar-refractivity contribution is 1.18. The van der Waals surface area contributed by atoms with Gasteiger partial charge in [0.05, 0.1) is 0 Å². The maximum absolute atomic E-state index is 2.53. The molecule has 0 bridgehead atoms. The molecule has 0 fully saturated rings. The monoisotopic (exact) mass is 332 g/mol. The molecule has 0 heterocycles.